The maximum Gasteiger partial charge on any atom is 0.331 e. The maximum absolute atomic E-state index is 13.1. The van der Waals surface area contributed by atoms with Crippen LogP contribution in [0.3, 0.4) is 0 Å². The Morgan fingerprint density at radius 1 is 1.03 bits per heavy atom. The molecule has 0 spiro atoms. The Balaban J connectivity index is 1.72. The summed E-state index contributed by atoms with van der Waals surface area (Å²) >= 11 is 0. The summed E-state index contributed by atoms with van der Waals surface area (Å²) in [7, 11) is 0. The lowest BCUT2D eigenvalue weighted by Crippen LogP contribution is -2.41. The van der Waals surface area contributed by atoms with Crippen LogP contribution in [0, 0.1) is 5.92 Å². The molecule has 2 aromatic carbocycles. The Morgan fingerprint density at radius 2 is 1.77 bits per heavy atom. The van der Waals surface area contributed by atoms with Gasteiger partial charge in [-0.2, -0.15) is 4.98 Å². The number of rotatable bonds is 7. The number of fused-ring (bicyclic) bond motifs is 1. The van der Waals surface area contributed by atoms with Crippen LogP contribution in [0.4, 0.5) is 0 Å². The van der Waals surface area contributed by atoms with Crippen molar-refractivity contribution in [3.8, 4) is 17.1 Å². The van der Waals surface area contributed by atoms with Crippen molar-refractivity contribution in [1.82, 2.24) is 19.3 Å². The summed E-state index contributed by atoms with van der Waals surface area (Å²) in [5, 5.41) is 4.53. The minimum atomic E-state index is -0.391. The van der Waals surface area contributed by atoms with Gasteiger partial charge in [-0.05, 0) is 49.2 Å². The molecule has 8 nitrogen and oxygen atoms in total. The van der Waals surface area contributed by atoms with Gasteiger partial charge in [0.05, 0.1) is 17.5 Å². The lowest BCUT2D eigenvalue weighted by Gasteiger charge is -2.14. The van der Waals surface area contributed by atoms with E-state index in [0.717, 1.165) is 11.3 Å². The van der Waals surface area contributed by atoms with Gasteiger partial charge in [-0.15, -0.1) is 0 Å². The van der Waals surface area contributed by atoms with Crippen molar-refractivity contribution in [1.29, 1.82) is 0 Å². The average molecular weight is 420 g/mol. The largest absolute Gasteiger partial charge is 0.494 e. The molecule has 0 fully saturated rings. The molecular formula is C23H24N4O4. The molecule has 160 valence electrons. The highest BCUT2D eigenvalue weighted by molar-refractivity contribution is 5.77. The van der Waals surface area contributed by atoms with Crippen LogP contribution in [-0.2, 0) is 13.1 Å². The van der Waals surface area contributed by atoms with Crippen molar-refractivity contribution in [2.75, 3.05) is 6.61 Å². The van der Waals surface area contributed by atoms with Crippen molar-refractivity contribution in [3.05, 3.63) is 75.3 Å². The molecule has 0 N–H and O–H groups in total. The van der Waals surface area contributed by atoms with Gasteiger partial charge >= 0.3 is 5.69 Å². The summed E-state index contributed by atoms with van der Waals surface area (Å²) in [6, 6.07) is 14.4. The van der Waals surface area contributed by atoms with E-state index in [-0.39, 0.29) is 23.9 Å². The van der Waals surface area contributed by atoms with Crippen LogP contribution < -0.4 is 16.0 Å². The highest BCUT2D eigenvalue weighted by Crippen LogP contribution is 2.20. The van der Waals surface area contributed by atoms with E-state index in [1.54, 1.807) is 24.3 Å². The monoisotopic (exact) mass is 420 g/mol. The third kappa shape index (κ3) is 4.14. The predicted octanol–water partition coefficient (Wildman–Crippen LogP) is 3.32. The van der Waals surface area contributed by atoms with E-state index < -0.39 is 5.69 Å². The molecule has 31 heavy (non-hydrogen) atoms. The smallest absolute Gasteiger partial charge is 0.331 e. The predicted molar refractivity (Wildman–Crippen MR) is 117 cm³/mol. The Labute approximate surface area is 178 Å². The molecular weight excluding hydrogens is 396 g/mol. The van der Waals surface area contributed by atoms with Crippen LogP contribution in [0.15, 0.2) is 62.6 Å². The summed E-state index contributed by atoms with van der Waals surface area (Å²) < 4.78 is 13.7. The first kappa shape index (κ1) is 20.6. The van der Waals surface area contributed by atoms with Crippen LogP contribution in [-0.4, -0.2) is 25.9 Å². The molecule has 0 amide bonds. The summed E-state index contributed by atoms with van der Waals surface area (Å²) in [6.07, 6.45) is 0. The van der Waals surface area contributed by atoms with Gasteiger partial charge < -0.3 is 9.26 Å². The standard InChI is InChI=1S/C23H24N4O4/c1-4-30-17-11-9-16(10-12-17)21-24-20(31-25-21)14-26-19-8-6-5-7-18(19)22(28)27(23(26)29)13-15(2)3/h5-12,15H,4,13-14H2,1-3H3. The van der Waals surface area contributed by atoms with Gasteiger partial charge in [-0.1, -0.05) is 31.1 Å². The molecule has 4 aromatic rings. The molecule has 0 saturated carbocycles. The summed E-state index contributed by atoms with van der Waals surface area (Å²) in [5.41, 5.74) is 0.642. The fourth-order valence-corrected chi connectivity index (χ4v) is 3.49. The van der Waals surface area contributed by atoms with E-state index >= 15 is 0 Å². The third-order valence-corrected chi connectivity index (χ3v) is 4.86. The number of aromatic nitrogens is 4. The number of ether oxygens (including phenoxy) is 1. The molecule has 2 heterocycles. The molecule has 4 rings (SSSR count). The minimum Gasteiger partial charge on any atom is -0.494 e. The maximum atomic E-state index is 13.1. The fraction of sp³-hybridized carbons (Fsp3) is 0.304. The SMILES string of the molecule is CCOc1ccc(-c2noc(Cn3c(=O)n(CC(C)C)c(=O)c4ccccc43)n2)cc1. The van der Waals surface area contributed by atoms with E-state index in [1.807, 2.05) is 45.0 Å². The first-order chi connectivity index (χ1) is 15.0. The van der Waals surface area contributed by atoms with E-state index in [9.17, 15) is 9.59 Å². The lowest BCUT2D eigenvalue weighted by molar-refractivity contribution is 0.340. The van der Waals surface area contributed by atoms with Gasteiger partial charge in [0.15, 0.2) is 0 Å². The molecule has 0 aliphatic heterocycles. The van der Waals surface area contributed by atoms with E-state index in [2.05, 4.69) is 10.1 Å². The van der Waals surface area contributed by atoms with Gasteiger partial charge in [0.2, 0.25) is 11.7 Å². The van der Waals surface area contributed by atoms with Crippen molar-refractivity contribution in [3.63, 3.8) is 0 Å². The summed E-state index contributed by atoms with van der Waals surface area (Å²) in [4.78, 5) is 30.4. The van der Waals surface area contributed by atoms with Crippen LogP contribution >= 0.6 is 0 Å². The van der Waals surface area contributed by atoms with Gasteiger partial charge in [0.1, 0.15) is 12.3 Å². The van der Waals surface area contributed by atoms with Gasteiger partial charge in [0.25, 0.3) is 5.56 Å². The van der Waals surface area contributed by atoms with E-state index in [1.165, 1.54) is 9.13 Å². The first-order valence-corrected chi connectivity index (χ1v) is 10.3. The Hall–Kier alpha value is -3.68. The number of hydrogen-bond acceptors (Lipinski definition) is 6. The van der Waals surface area contributed by atoms with Gasteiger partial charge in [-0.3, -0.25) is 13.9 Å². The third-order valence-electron chi connectivity index (χ3n) is 4.86. The quantitative estimate of drug-likeness (QED) is 0.455. The van der Waals surface area contributed by atoms with Crippen LogP contribution in [0.2, 0.25) is 0 Å². The molecule has 0 atom stereocenters. The Morgan fingerprint density at radius 3 is 2.48 bits per heavy atom. The average Bonchev–Trinajstić information content (AvgIpc) is 3.23. The van der Waals surface area contributed by atoms with Gasteiger partial charge in [0, 0.05) is 12.1 Å². The zero-order valence-electron chi connectivity index (χ0n) is 17.7. The molecule has 0 bridgehead atoms. The van der Waals surface area contributed by atoms with Crippen molar-refractivity contribution in [2.45, 2.75) is 33.9 Å². The molecule has 0 aliphatic rings. The van der Waals surface area contributed by atoms with Gasteiger partial charge in [-0.25, -0.2) is 4.79 Å². The molecule has 0 unspecified atom stereocenters. The number of para-hydroxylation sites is 1. The first-order valence-electron chi connectivity index (χ1n) is 10.3. The Kier molecular flexibility index (Phi) is 5.70. The Bertz CT molecular complexity index is 1320. The zero-order chi connectivity index (χ0) is 22.0. The second-order valence-electron chi connectivity index (χ2n) is 7.66. The highest BCUT2D eigenvalue weighted by atomic mass is 16.5. The van der Waals surface area contributed by atoms with E-state index in [0.29, 0.717) is 29.9 Å². The van der Waals surface area contributed by atoms with E-state index in [4.69, 9.17) is 9.26 Å². The fourth-order valence-electron chi connectivity index (χ4n) is 3.49. The van der Waals surface area contributed by atoms with Crippen LogP contribution in [0.25, 0.3) is 22.3 Å². The number of benzene rings is 2. The van der Waals surface area contributed by atoms with Crippen molar-refractivity contribution in [2.24, 2.45) is 5.92 Å². The van der Waals surface area contributed by atoms with Crippen LogP contribution in [0.1, 0.15) is 26.7 Å². The molecule has 0 radical (unpaired) electrons. The second kappa shape index (κ2) is 8.59. The summed E-state index contributed by atoms with van der Waals surface area (Å²) in [5.74, 6) is 1.62. The highest BCUT2D eigenvalue weighted by Gasteiger charge is 2.17. The molecule has 0 aliphatic carbocycles. The second-order valence-corrected chi connectivity index (χ2v) is 7.66. The minimum absolute atomic E-state index is 0.0712. The normalized spacial score (nSPS) is 11.4. The van der Waals surface area contributed by atoms with Crippen molar-refractivity contribution >= 4 is 10.9 Å². The molecule has 2 aromatic heterocycles. The van der Waals surface area contributed by atoms with Crippen molar-refractivity contribution < 1.29 is 9.26 Å². The topological polar surface area (TPSA) is 92.2 Å². The summed E-state index contributed by atoms with van der Waals surface area (Å²) in [6.45, 7) is 6.85. The van der Waals surface area contributed by atoms with Crippen LogP contribution in [0.5, 0.6) is 5.75 Å². The zero-order valence-corrected chi connectivity index (χ0v) is 17.7. The molecule has 8 heteroatoms. The number of nitrogens with zero attached hydrogens (tertiary/aromatic N) is 4. The number of hydrogen-bond donors (Lipinski definition) is 0. The molecule has 0 saturated heterocycles. The lowest BCUT2D eigenvalue weighted by atomic mass is 10.2.